The van der Waals surface area contributed by atoms with Gasteiger partial charge in [0.25, 0.3) is 0 Å². The predicted molar refractivity (Wildman–Crippen MR) is 145 cm³/mol. The van der Waals surface area contributed by atoms with Crippen molar-refractivity contribution >= 4 is 33.0 Å². The molecule has 11 nitrogen and oxygen atoms in total. The van der Waals surface area contributed by atoms with E-state index in [2.05, 4.69) is 30.4 Å². The lowest BCUT2D eigenvalue weighted by Gasteiger charge is -2.36. The highest BCUT2D eigenvalue weighted by Gasteiger charge is 2.33. The number of imidazole rings is 1. The summed E-state index contributed by atoms with van der Waals surface area (Å²) in [6.07, 6.45) is 5.19. The first-order valence-electron chi connectivity index (χ1n) is 13.2. The predicted octanol–water partition coefficient (Wildman–Crippen LogP) is 2.92. The van der Waals surface area contributed by atoms with Crippen LogP contribution in [0.1, 0.15) is 39.4 Å². The second-order valence-corrected chi connectivity index (χ2v) is 13.1. The van der Waals surface area contributed by atoms with Gasteiger partial charge >= 0.3 is 16.2 Å². The molecular weight excluding hydrogens is 506 g/mol. The molecule has 0 spiro atoms. The number of rotatable bonds is 5. The highest BCUT2D eigenvalue weighted by molar-refractivity contribution is 7.90. The van der Waals surface area contributed by atoms with E-state index in [1.54, 1.807) is 30.4 Å². The molecule has 0 N–H and O–H groups in total. The summed E-state index contributed by atoms with van der Waals surface area (Å²) in [4.78, 5) is 19.2. The van der Waals surface area contributed by atoms with E-state index in [4.69, 9.17) is 9.72 Å². The maximum atomic E-state index is 13.5. The maximum Gasteiger partial charge on any atom is 0.344 e. The quantitative estimate of drug-likeness (QED) is 0.490. The fraction of sp³-hybridized carbons (Fsp3) is 0.577. The third kappa shape index (κ3) is 5.16. The van der Waals surface area contributed by atoms with Crippen LogP contribution < -0.4 is 4.31 Å². The first-order valence-corrected chi connectivity index (χ1v) is 14.6. The van der Waals surface area contributed by atoms with Crippen molar-refractivity contribution in [2.45, 2.75) is 45.6 Å². The van der Waals surface area contributed by atoms with Crippen LogP contribution >= 0.6 is 0 Å². The molecule has 0 saturated carbocycles. The molecule has 1 aromatic carbocycles. The number of carbonyl (C=O) groups is 1. The average molecular weight is 544 g/mol. The van der Waals surface area contributed by atoms with Crippen LogP contribution in [0.15, 0.2) is 36.7 Å². The Labute approximate surface area is 224 Å². The zero-order valence-corrected chi connectivity index (χ0v) is 23.4. The fourth-order valence-corrected chi connectivity index (χ4v) is 6.55. The average Bonchev–Trinajstić information content (AvgIpc) is 3.57. The minimum atomic E-state index is -3.78. The zero-order valence-electron chi connectivity index (χ0n) is 22.6. The van der Waals surface area contributed by atoms with Crippen molar-refractivity contribution in [3.63, 3.8) is 0 Å². The van der Waals surface area contributed by atoms with Crippen LogP contribution in [-0.2, 0) is 26.9 Å². The molecular formula is C26H37N7O4S. The van der Waals surface area contributed by atoms with Crippen LogP contribution in [0, 0.1) is 5.92 Å². The molecule has 2 aromatic heterocycles. The van der Waals surface area contributed by atoms with Gasteiger partial charge in [-0.05, 0) is 43.0 Å². The molecule has 5 rings (SSSR count). The third-order valence-corrected chi connectivity index (χ3v) is 9.35. The van der Waals surface area contributed by atoms with Gasteiger partial charge in [-0.25, -0.2) is 9.78 Å². The summed E-state index contributed by atoms with van der Waals surface area (Å²) in [7, 11) is -2.21. The molecule has 2 aliphatic heterocycles. The van der Waals surface area contributed by atoms with Crippen molar-refractivity contribution < 1.29 is 17.9 Å². The van der Waals surface area contributed by atoms with E-state index in [0.29, 0.717) is 24.7 Å². The number of piperazine rings is 1. The molecule has 0 unspecified atom stereocenters. The minimum absolute atomic E-state index is 0.157. The number of anilines is 1. The number of ether oxygens (including phenoxy) is 1. The van der Waals surface area contributed by atoms with E-state index in [1.807, 2.05) is 18.2 Å². The summed E-state index contributed by atoms with van der Waals surface area (Å²) >= 11 is 0. The number of fused-ring (bicyclic) bond motifs is 1. The summed E-state index contributed by atoms with van der Waals surface area (Å²) in [5, 5.41) is 3.98. The fourth-order valence-electron chi connectivity index (χ4n) is 5.20. The number of amides is 1. The Morgan fingerprint density at radius 3 is 2.47 bits per heavy atom. The van der Waals surface area contributed by atoms with Gasteiger partial charge in [0.2, 0.25) is 0 Å². The van der Waals surface area contributed by atoms with Gasteiger partial charge in [-0.3, -0.25) is 4.31 Å². The summed E-state index contributed by atoms with van der Waals surface area (Å²) < 4.78 is 38.9. The van der Waals surface area contributed by atoms with Crippen molar-refractivity contribution in [2.75, 3.05) is 50.7 Å². The standard InChI is InChI=1S/C26H37N7O4S/c1-26(2,3)24-28-22-18-21(6-7-23(22)32(24)19-20-8-16-37-17-9-20)29(4)38(35,36)31-14-12-30(13-15-31)25(34)33-11-5-10-27-33/h5-7,10-11,18,20H,8-9,12-17,19H2,1-4H3. The lowest BCUT2D eigenvalue weighted by atomic mass is 9.94. The van der Waals surface area contributed by atoms with Gasteiger partial charge in [0.05, 0.1) is 16.7 Å². The Bertz CT molecular complexity index is 1380. The van der Waals surface area contributed by atoms with Gasteiger partial charge in [0, 0.05) is 70.8 Å². The minimum Gasteiger partial charge on any atom is -0.381 e. The number of carbonyl (C=O) groups excluding carboxylic acids is 1. The van der Waals surface area contributed by atoms with E-state index in [1.165, 1.54) is 13.3 Å². The Hall–Kier alpha value is -2.96. The highest BCUT2D eigenvalue weighted by atomic mass is 32.2. The summed E-state index contributed by atoms with van der Waals surface area (Å²) in [5.41, 5.74) is 2.21. The Balaban J connectivity index is 1.35. The molecule has 38 heavy (non-hydrogen) atoms. The number of hydrogen-bond donors (Lipinski definition) is 0. The Kier molecular flexibility index (Phi) is 7.23. The second-order valence-electron chi connectivity index (χ2n) is 11.1. The smallest absolute Gasteiger partial charge is 0.344 e. The van der Waals surface area contributed by atoms with Crippen LogP contribution in [0.2, 0.25) is 0 Å². The van der Waals surface area contributed by atoms with Crippen LogP contribution in [0.4, 0.5) is 10.5 Å². The zero-order chi connectivity index (χ0) is 27.1. The molecule has 0 atom stereocenters. The van der Waals surface area contributed by atoms with Crippen LogP contribution in [-0.4, -0.2) is 89.4 Å². The van der Waals surface area contributed by atoms with Crippen molar-refractivity contribution in [2.24, 2.45) is 5.92 Å². The normalized spacial score (nSPS) is 18.3. The van der Waals surface area contributed by atoms with E-state index in [-0.39, 0.29) is 24.5 Å². The summed E-state index contributed by atoms with van der Waals surface area (Å²) in [6, 6.07) is 7.13. The Morgan fingerprint density at radius 1 is 1.13 bits per heavy atom. The lowest BCUT2D eigenvalue weighted by Crippen LogP contribution is -2.54. The second kappa shape index (κ2) is 10.3. The first-order chi connectivity index (χ1) is 18.1. The van der Waals surface area contributed by atoms with E-state index in [9.17, 15) is 13.2 Å². The van der Waals surface area contributed by atoms with E-state index in [0.717, 1.165) is 49.5 Å². The molecule has 206 valence electrons. The third-order valence-electron chi connectivity index (χ3n) is 7.43. The summed E-state index contributed by atoms with van der Waals surface area (Å²) in [6.45, 7) is 9.97. The van der Waals surface area contributed by atoms with E-state index < -0.39 is 10.2 Å². The highest BCUT2D eigenvalue weighted by Crippen LogP contribution is 2.32. The topological polar surface area (TPSA) is 106 Å². The number of nitrogens with zero attached hydrogens (tertiary/aromatic N) is 7. The summed E-state index contributed by atoms with van der Waals surface area (Å²) in [5.74, 6) is 1.53. The van der Waals surface area contributed by atoms with Crippen molar-refractivity contribution in [3.05, 3.63) is 42.5 Å². The molecule has 0 radical (unpaired) electrons. The van der Waals surface area contributed by atoms with Gasteiger partial charge in [-0.15, -0.1) is 0 Å². The molecule has 2 fully saturated rings. The molecule has 3 aromatic rings. The van der Waals surface area contributed by atoms with Crippen molar-refractivity contribution in [1.82, 2.24) is 28.5 Å². The largest absolute Gasteiger partial charge is 0.381 e. The molecule has 12 heteroatoms. The molecule has 0 aliphatic carbocycles. The number of hydrogen-bond acceptors (Lipinski definition) is 6. The number of benzene rings is 1. The first kappa shape index (κ1) is 26.6. The Morgan fingerprint density at radius 2 is 1.84 bits per heavy atom. The molecule has 0 bridgehead atoms. The molecule has 2 saturated heterocycles. The van der Waals surface area contributed by atoms with Gasteiger partial charge in [0.15, 0.2) is 0 Å². The number of aromatic nitrogens is 4. The SMILES string of the molecule is CN(c1ccc2c(c1)nc(C(C)(C)C)n2CC1CCOCC1)S(=O)(=O)N1CCN(C(=O)n2cccn2)CC1. The monoisotopic (exact) mass is 543 g/mol. The van der Waals surface area contributed by atoms with Crippen LogP contribution in [0.25, 0.3) is 11.0 Å². The van der Waals surface area contributed by atoms with Gasteiger partial charge in [-0.2, -0.15) is 22.5 Å². The molecule has 4 heterocycles. The van der Waals surface area contributed by atoms with Crippen molar-refractivity contribution in [1.29, 1.82) is 0 Å². The maximum absolute atomic E-state index is 13.5. The van der Waals surface area contributed by atoms with E-state index >= 15 is 0 Å². The van der Waals surface area contributed by atoms with Crippen LogP contribution in [0.3, 0.4) is 0 Å². The van der Waals surface area contributed by atoms with Crippen molar-refractivity contribution in [3.8, 4) is 0 Å². The molecule has 1 amide bonds. The van der Waals surface area contributed by atoms with Gasteiger partial charge in [-0.1, -0.05) is 20.8 Å². The lowest BCUT2D eigenvalue weighted by molar-refractivity contribution is 0.0611. The van der Waals surface area contributed by atoms with Crippen LogP contribution in [0.5, 0.6) is 0 Å². The van der Waals surface area contributed by atoms with Gasteiger partial charge < -0.3 is 14.2 Å². The van der Waals surface area contributed by atoms with Gasteiger partial charge in [0.1, 0.15) is 5.82 Å². The molecule has 2 aliphatic rings.